The van der Waals surface area contributed by atoms with Crippen molar-refractivity contribution in [3.8, 4) is 27.4 Å². The van der Waals surface area contributed by atoms with Gasteiger partial charge in [-0.25, -0.2) is 4.98 Å². The fourth-order valence-electron chi connectivity index (χ4n) is 8.73. The summed E-state index contributed by atoms with van der Waals surface area (Å²) in [6.45, 7) is 16.0. The molecule has 2 saturated heterocycles. The summed E-state index contributed by atoms with van der Waals surface area (Å²) in [4.78, 5) is 50.2. The fraction of sp³-hybridized carbons (Fsp3) is 0.500. The van der Waals surface area contributed by atoms with E-state index in [0.717, 1.165) is 65.9 Å². The van der Waals surface area contributed by atoms with Gasteiger partial charge in [0.05, 0.1) is 39.6 Å². The van der Waals surface area contributed by atoms with Crippen LogP contribution in [0.4, 0.5) is 11.5 Å². The third-order valence-electron chi connectivity index (χ3n) is 12.5. The van der Waals surface area contributed by atoms with Crippen LogP contribution in [0.3, 0.4) is 0 Å². The van der Waals surface area contributed by atoms with E-state index in [1.54, 1.807) is 34.4 Å². The van der Waals surface area contributed by atoms with Gasteiger partial charge in [0, 0.05) is 74.5 Å². The van der Waals surface area contributed by atoms with Crippen LogP contribution in [-0.2, 0) is 14.4 Å². The monoisotopic (exact) mass is 849 g/mol. The number of aromatic nitrogens is 3. The second-order valence-corrected chi connectivity index (χ2v) is 18.9. The SMILES string of the molecule is C=C(N[C@@H](C)c1ccc(-c2scnc2C)cc1)[C@@H]1C[C@@H](O)CN1C(=O)[C@@H](CC(=O)CCCCCCC(=O)C1CCN(c2cc(-c3ccccc3O)nnc2N)CC1)C(C)(C)C. The van der Waals surface area contributed by atoms with Crippen LogP contribution in [0.25, 0.3) is 21.7 Å². The molecule has 2 fully saturated rings. The van der Waals surface area contributed by atoms with Crippen LogP contribution in [0.5, 0.6) is 5.75 Å². The van der Waals surface area contributed by atoms with E-state index in [-0.39, 0.29) is 54.2 Å². The van der Waals surface area contributed by atoms with Gasteiger partial charge in [0.15, 0.2) is 5.82 Å². The predicted molar refractivity (Wildman–Crippen MR) is 243 cm³/mol. The van der Waals surface area contributed by atoms with Gasteiger partial charge in [0.2, 0.25) is 5.91 Å². The maximum atomic E-state index is 14.2. The van der Waals surface area contributed by atoms with Crippen LogP contribution in [0.1, 0.15) is 109 Å². The summed E-state index contributed by atoms with van der Waals surface area (Å²) in [6.07, 6.45) is 5.47. The van der Waals surface area contributed by atoms with E-state index in [9.17, 15) is 24.6 Å². The first-order valence-corrected chi connectivity index (χ1v) is 22.6. The molecule has 0 saturated carbocycles. The number of piperidine rings is 1. The number of nitrogen functional groups attached to an aromatic ring is 1. The van der Waals surface area contributed by atoms with Gasteiger partial charge in [-0.2, -0.15) is 0 Å². The number of nitrogens with two attached hydrogens (primary N) is 1. The van der Waals surface area contributed by atoms with E-state index in [1.165, 1.54) is 0 Å². The molecule has 1 amide bonds. The molecule has 2 aliphatic rings. The average molecular weight is 850 g/mol. The molecule has 0 bridgehead atoms. The molecule has 5 N–H and O–H groups in total. The number of unbranched alkanes of at least 4 members (excludes halogenated alkanes) is 3. The quantitative estimate of drug-likeness (QED) is 0.0708. The number of carbonyl (C=O) groups is 3. The Kier molecular flexibility index (Phi) is 15.0. The summed E-state index contributed by atoms with van der Waals surface area (Å²) in [5.74, 6) is 0.147. The number of Topliss-reactive ketones (excluding diaryl/α,β-unsaturated/α-hetero) is 2. The van der Waals surface area contributed by atoms with Crippen molar-refractivity contribution in [3.05, 3.63) is 83.6 Å². The maximum absolute atomic E-state index is 14.2. The second kappa shape index (κ2) is 20.2. The number of nitrogens with zero attached hydrogens (tertiary/aromatic N) is 5. The van der Waals surface area contributed by atoms with E-state index in [4.69, 9.17) is 5.73 Å². The van der Waals surface area contributed by atoms with E-state index < -0.39 is 17.4 Å². The number of aryl methyl sites for hydroxylation is 1. The number of aromatic hydroxyl groups is 1. The first kappa shape index (κ1) is 45.4. The molecule has 2 aromatic heterocycles. The zero-order valence-electron chi connectivity index (χ0n) is 36.4. The van der Waals surface area contributed by atoms with Gasteiger partial charge in [-0.05, 0) is 74.3 Å². The highest BCUT2D eigenvalue weighted by Gasteiger charge is 2.43. The molecule has 4 aromatic rings. The van der Waals surface area contributed by atoms with Crippen molar-refractivity contribution in [1.82, 2.24) is 25.4 Å². The molecule has 0 radical (unpaired) electrons. The first-order valence-electron chi connectivity index (χ1n) is 21.8. The predicted octanol–water partition coefficient (Wildman–Crippen LogP) is 8.44. The van der Waals surface area contributed by atoms with Gasteiger partial charge in [-0.3, -0.25) is 14.4 Å². The largest absolute Gasteiger partial charge is 0.507 e. The zero-order valence-corrected chi connectivity index (χ0v) is 37.2. The summed E-state index contributed by atoms with van der Waals surface area (Å²) in [5, 5.41) is 32.9. The van der Waals surface area contributed by atoms with E-state index in [1.807, 2.05) is 45.3 Å². The van der Waals surface area contributed by atoms with E-state index in [2.05, 4.69) is 63.2 Å². The number of β-amino-alcohol motifs (C(OH)–C–C–N with tert-alkyl or cyclic N) is 1. The normalized spacial score (nSPS) is 18.2. The minimum Gasteiger partial charge on any atom is -0.507 e. The molecule has 6 rings (SSSR count). The number of benzene rings is 2. The highest BCUT2D eigenvalue weighted by atomic mass is 32.1. The number of phenolic OH excluding ortho intramolecular Hbond substituents is 1. The molecule has 2 aromatic carbocycles. The number of rotatable bonds is 18. The molecule has 4 heterocycles. The Bertz CT molecular complexity index is 2160. The molecule has 0 unspecified atom stereocenters. The van der Waals surface area contributed by atoms with Crippen molar-refractivity contribution < 1.29 is 24.6 Å². The molecule has 326 valence electrons. The van der Waals surface area contributed by atoms with Gasteiger partial charge >= 0.3 is 0 Å². The van der Waals surface area contributed by atoms with Crippen LogP contribution in [0.15, 0.2) is 72.4 Å². The molecule has 0 aliphatic carbocycles. The number of nitrogens with one attached hydrogen (secondary N) is 1. The van der Waals surface area contributed by atoms with Gasteiger partial charge in [-0.1, -0.05) is 76.6 Å². The lowest BCUT2D eigenvalue weighted by atomic mass is 9.76. The molecule has 13 heteroatoms. The Labute approximate surface area is 364 Å². The summed E-state index contributed by atoms with van der Waals surface area (Å²) in [7, 11) is 0. The summed E-state index contributed by atoms with van der Waals surface area (Å²) < 4.78 is 0. The molecular weight excluding hydrogens is 787 g/mol. The van der Waals surface area contributed by atoms with E-state index in [0.29, 0.717) is 55.1 Å². The molecule has 4 atom stereocenters. The van der Waals surface area contributed by atoms with E-state index >= 15 is 0 Å². The lowest BCUT2D eigenvalue weighted by Gasteiger charge is -2.36. The molecular formula is C48H63N7O5S. The minimum atomic E-state index is -0.671. The van der Waals surface area contributed by atoms with Crippen molar-refractivity contribution in [3.63, 3.8) is 0 Å². The maximum Gasteiger partial charge on any atom is 0.227 e. The molecule has 0 spiro atoms. The zero-order chi connectivity index (χ0) is 43.8. The number of aliphatic hydroxyl groups excluding tert-OH is 1. The highest BCUT2D eigenvalue weighted by Crippen LogP contribution is 2.37. The smallest absolute Gasteiger partial charge is 0.227 e. The number of thiazole rings is 1. The lowest BCUT2D eigenvalue weighted by molar-refractivity contribution is -0.142. The Morgan fingerprint density at radius 1 is 1.00 bits per heavy atom. The number of para-hydroxylation sites is 1. The lowest BCUT2D eigenvalue weighted by Crippen LogP contribution is -2.47. The van der Waals surface area contributed by atoms with Gasteiger partial charge in [0.25, 0.3) is 0 Å². The number of carbonyl (C=O) groups excluding carboxylic acids is 3. The summed E-state index contributed by atoms with van der Waals surface area (Å²) in [5.41, 5.74) is 13.4. The van der Waals surface area contributed by atoms with Crippen molar-refractivity contribution in [2.75, 3.05) is 30.3 Å². The standard InChI is InChI=1S/C48H63N7O5S/c1-30(33-17-19-35(20-18-33)45-32(3)50-29-61-45)51-31(2)41-26-37(57)28-55(41)47(60)39(48(4,5)6)25-36(56)13-9-7-8-10-15-43(58)34-21-23-54(24-22-34)42-27-40(52-53-46(42)49)38-14-11-12-16-44(38)59/h11-12,14,16-20,27,29-30,34,37,39,41,51,57,59H,2,7-10,13,15,21-26,28H2,1,3-6H3,(H2,49,53)/t30-,37+,39+,41-/m0/s1. The minimum absolute atomic E-state index is 0.00244. The number of ketones is 2. The topological polar surface area (TPSA) is 175 Å². The van der Waals surface area contributed by atoms with Crippen molar-refractivity contribution in [1.29, 1.82) is 0 Å². The van der Waals surface area contributed by atoms with Crippen LogP contribution < -0.4 is 16.0 Å². The van der Waals surface area contributed by atoms with Crippen molar-refractivity contribution in [2.45, 2.75) is 117 Å². The average Bonchev–Trinajstić information content (AvgIpc) is 3.86. The molecule has 12 nitrogen and oxygen atoms in total. The van der Waals surface area contributed by atoms with Crippen molar-refractivity contribution in [2.24, 2.45) is 17.3 Å². The highest BCUT2D eigenvalue weighted by molar-refractivity contribution is 7.13. The van der Waals surface area contributed by atoms with Gasteiger partial charge in [0.1, 0.15) is 17.3 Å². The van der Waals surface area contributed by atoms with Crippen LogP contribution >= 0.6 is 11.3 Å². The third kappa shape index (κ3) is 11.4. The third-order valence-corrected chi connectivity index (χ3v) is 13.4. The summed E-state index contributed by atoms with van der Waals surface area (Å²) >= 11 is 1.62. The number of likely N-dealkylation sites (tertiary alicyclic amines) is 1. The number of aliphatic hydroxyl groups is 1. The molecule has 61 heavy (non-hydrogen) atoms. The second-order valence-electron chi connectivity index (χ2n) is 18.0. The number of anilines is 2. The van der Waals surface area contributed by atoms with Crippen LogP contribution in [-0.4, -0.2) is 79.5 Å². The fourth-order valence-corrected chi connectivity index (χ4v) is 9.54. The van der Waals surface area contributed by atoms with Gasteiger partial charge < -0.3 is 31.1 Å². The number of amides is 1. The first-order chi connectivity index (χ1) is 29.1. The van der Waals surface area contributed by atoms with Crippen LogP contribution in [0.2, 0.25) is 0 Å². The number of hydrogen-bond acceptors (Lipinski definition) is 12. The van der Waals surface area contributed by atoms with Crippen LogP contribution in [0, 0.1) is 24.2 Å². The number of phenols is 1. The number of hydrogen-bond donors (Lipinski definition) is 4. The van der Waals surface area contributed by atoms with Crippen molar-refractivity contribution >= 4 is 40.3 Å². The molecule has 2 aliphatic heterocycles. The Hall–Kier alpha value is -5.14. The Balaban J connectivity index is 0.922. The Morgan fingerprint density at radius 3 is 2.34 bits per heavy atom. The van der Waals surface area contributed by atoms with Gasteiger partial charge in [-0.15, -0.1) is 21.5 Å². The summed E-state index contributed by atoms with van der Waals surface area (Å²) in [6, 6.07) is 16.8. The Morgan fingerprint density at radius 2 is 1.69 bits per heavy atom.